The molecule has 4 heteroatoms. The molecule has 1 rings (SSSR count). The molecule has 0 fully saturated rings. The van der Waals surface area contributed by atoms with Crippen molar-refractivity contribution in [2.75, 3.05) is 6.61 Å². The minimum absolute atomic E-state index is 0.333. The summed E-state index contributed by atoms with van der Waals surface area (Å²) in [5.74, 6) is 0.179. The maximum atomic E-state index is 11.2. The minimum atomic E-state index is -0.333. The fourth-order valence-corrected chi connectivity index (χ4v) is 0.883. The first-order chi connectivity index (χ1) is 6.74. The van der Waals surface area contributed by atoms with Crippen molar-refractivity contribution in [3.05, 3.63) is 29.9 Å². The third kappa shape index (κ3) is 2.97. The van der Waals surface area contributed by atoms with Gasteiger partial charge in [0.2, 0.25) is 0 Å². The zero-order valence-electron chi connectivity index (χ0n) is 8.23. The van der Waals surface area contributed by atoms with Gasteiger partial charge in [-0.2, -0.15) is 0 Å². The maximum absolute atomic E-state index is 11.2. The zero-order chi connectivity index (χ0) is 10.4. The van der Waals surface area contributed by atoms with Crippen LogP contribution in [0.15, 0.2) is 24.0 Å². The number of carbonyl (C=O) groups is 1. The van der Waals surface area contributed by atoms with Gasteiger partial charge < -0.3 is 4.74 Å². The fourth-order valence-electron chi connectivity index (χ4n) is 0.883. The number of hydrogen-bond donors (Lipinski definition) is 0. The molecule has 0 unspecified atom stereocenters. The Bertz CT molecular complexity index is 333. The van der Waals surface area contributed by atoms with Crippen LogP contribution in [0.5, 0.6) is 0 Å². The molecular weight excluding hydrogens is 180 g/mol. The van der Waals surface area contributed by atoms with Crippen LogP contribution in [-0.2, 0) is 9.53 Å². The molecule has 0 N–H and O–H groups in total. The third-order valence-corrected chi connectivity index (χ3v) is 1.53. The van der Waals surface area contributed by atoms with E-state index in [0.29, 0.717) is 18.0 Å². The number of rotatable bonds is 3. The fraction of sp³-hybridized carbons (Fsp3) is 0.300. The van der Waals surface area contributed by atoms with Crippen LogP contribution in [0.4, 0.5) is 0 Å². The summed E-state index contributed by atoms with van der Waals surface area (Å²) in [7, 11) is 0. The van der Waals surface area contributed by atoms with E-state index in [9.17, 15) is 4.79 Å². The van der Waals surface area contributed by atoms with E-state index in [-0.39, 0.29) is 5.97 Å². The number of carbonyl (C=O) groups excluding carboxylic acids is 1. The van der Waals surface area contributed by atoms with Gasteiger partial charge in [-0.3, -0.25) is 0 Å². The summed E-state index contributed by atoms with van der Waals surface area (Å²) in [5, 5.41) is 0. The number of aromatic nitrogens is 2. The summed E-state index contributed by atoms with van der Waals surface area (Å²) in [6.07, 6.45) is 4.84. The Morgan fingerprint density at radius 2 is 2.14 bits per heavy atom. The van der Waals surface area contributed by atoms with Gasteiger partial charge in [-0.15, -0.1) is 0 Å². The Morgan fingerprint density at radius 3 is 2.71 bits per heavy atom. The second-order valence-electron chi connectivity index (χ2n) is 2.65. The molecule has 0 aromatic carbocycles. The highest BCUT2D eigenvalue weighted by Gasteiger charge is 2.04. The van der Waals surface area contributed by atoms with Crippen molar-refractivity contribution in [2.24, 2.45) is 0 Å². The Balaban J connectivity index is 2.74. The molecule has 0 saturated carbocycles. The number of ether oxygens (including phenoxy) is 1. The van der Waals surface area contributed by atoms with E-state index >= 15 is 0 Å². The molecule has 74 valence electrons. The molecule has 0 aliphatic carbocycles. The molecule has 0 saturated heterocycles. The van der Waals surface area contributed by atoms with Crippen LogP contribution in [-0.4, -0.2) is 22.5 Å². The lowest BCUT2D eigenvalue weighted by Gasteiger charge is -2.00. The molecule has 1 heterocycles. The van der Waals surface area contributed by atoms with Gasteiger partial charge in [0.25, 0.3) is 0 Å². The summed E-state index contributed by atoms with van der Waals surface area (Å²) in [6, 6.07) is 1.72. The quantitative estimate of drug-likeness (QED) is 0.537. The first-order valence-electron chi connectivity index (χ1n) is 4.36. The monoisotopic (exact) mass is 192 g/mol. The standard InChI is InChI=1S/C10H12N2O2/c1-3-14-10(13)8(2)7-9-11-5-4-6-12-9/h4-7H,3H2,1-2H3/b8-7+. The Morgan fingerprint density at radius 1 is 1.50 bits per heavy atom. The van der Waals surface area contributed by atoms with Crippen LogP contribution in [0.25, 0.3) is 6.08 Å². The number of esters is 1. The molecule has 1 aromatic rings. The molecule has 0 radical (unpaired) electrons. The third-order valence-electron chi connectivity index (χ3n) is 1.53. The van der Waals surface area contributed by atoms with Crippen LogP contribution in [0.3, 0.4) is 0 Å². The molecule has 0 atom stereocenters. The van der Waals surface area contributed by atoms with Gasteiger partial charge in [-0.1, -0.05) is 0 Å². The van der Waals surface area contributed by atoms with Crippen LogP contribution in [0.1, 0.15) is 19.7 Å². The SMILES string of the molecule is CCOC(=O)/C(C)=C/c1ncccn1. The van der Waals surface area contributed by atoms with Crippen LogP contribution in [0.2, 0.25) is 0 Å². The van der Waals surface area contributed by atoms with Gasteiger partial charge >= 0.3 is 5.97 Å². The molecular formula is C10H12N2O2. The van der Waals surface area contributed by atoms with Gasteiger partial charge in [-0.05, 0) is 26.0 Å². The summed E-state index contributed by atoms with van der Waals surface area (Å²) < 4.78 is 4.81. The van der Waals surface area contributed by atoms with Crippen LogP contribution >= 0.6 is 0 Å². The molecule has 0 bridgehead atoms. The van der Waals surface area contributed by atoms with E-state index in [1.165, 1.54) is 0 Å². The Kier molecular flexibility index (Phi) is 3.79. The molecule has 0 aliphatic heterocycles. The second kappa shape index (κ2) is 5.11. The normalized spacial score (nSPS) is 11.1. The van der Waals surface area contributed by atoms with Crippen LogP contribution in [0, 0.1) is 0 Å². The lowest BCUT2D eigenvalue weighted by molar-refractivity contribution is -0.138. The second-order valence-corrected chi connectivity index (χ2v) is 2.65. The van der Waals surface area contributed by atoms with Crippen molar-refractivity contribution in [3.8, 4) is 0 Å². The predicted molar refractivity (Wildman–Crippen MR) is 52.3 cm³/mol. The van der Waals surface area contributed by atoms with E-state index < -0.39 is 0 Å². The van der Waals surface area contributed by atoms with Gasteiger partial charge in [-0.25, -0.2) is 14.8 Å². The lowest BCUT2D eigenvalue weighted by Crippen LogP contribution is -2.05. The van der Waals surface area contributed by atoms with Crippen molar-refractivity contribution >= 4 is 12.0 Å². The number of nitrogens with zero attached hydrogens (tertiary/aromatic N) is 2. The average molecular weight is 192 g/mol. The van der Waals surface area contributed by atoms with Crippen molar-refractivity contribution in [1.82, 2.24) is 9.97 Å². The van der Waals surface area contributed by atoms with Crippen molar-refractivity contribution in [2.45, 2.75) is 13.8 Å². The van der Waals surface area contributed by atoms with Gasteiger partial charge in [0.1, 0.15) is 0 Å². The van der Waals surface area contributed by atoms with E-state index in [4.69, 9.17) is 4.74 Å². The van der Waals surface area contributed by atoms with Crippen LogP contribution < -0.4 is 0 Å². The number of hydrogen-bond acceptors (Lipinski definition) is 4. The highest BCUT2D eigenvalue weighted by Crippen LogP contribution is 2.02. The largest absolute Gasteiger partial charge is 0.463 e. The summed E-state index contributed by atoms with van der Waals surface area (Å²) >= 11 is 0. The molecule has 4 nitrogen and oxygen atoms in total. The summed E-state index contributed by atoms with van der Waals surface area (Å²) in [4.78, 5) is 19.1. The Hall–Kier alpha value is -1.71. The average Bonchev–Trinajstić information content (AvgIpc) is 2.19. The van der Waals surface area contributed by atoms with Crippen molar-refractivity contribution < 1.29 is 9.53 Å². The molecule has 1 aromatic heterocycles. The Labute approximate surface area is 82.6 Å². The van der Waals surface area contributed by atoms with E-state index in [1.807, 2.05) is 0 Å². The summed E-state index contributed by atoms with van der Waals surface area (Å²) in [6.45, 7) is 3.82. The first kappa shape index (κ1) is 10.4. The van der Waals surface area contributed by atoms with E-state index in [1.54, 1.807) is 38.4 Å². The highest BCUT2D eigenvalue weighted by molar-refractivity contribution is 5.92. The van der Waals surface area contributed by atoms with E-state index in [0.717, 1.165) is 0 Å². The first-order valence-corrected chi connectivity index (χ1v) is 4.36. The minimum Gasteiger partial charge on any atom is -0.463 e. The van der Waals surface area contributed by atoms with Gasteiger partial charge in [0.15, 0.2) is 5.82 Å². The van der Waals surface area contributed by atoms with Crippen molar-refractivity contribution in [1.29, 1.82) is 0 Å². The zero-order valence-corrected chi connectivity index (χ0v) is 8.23. The van der Waals surface area contributed by atoms with Gasteiger partial charge in [0.05, 0.1) is 6.61 Å². The maximum Gasteiger partial charge on any atom is 0.333 e. The molecule has 0 amide bonds. The highest BCUT2D eigenvalue weighted by atomic mass is 16.5. The molecule has 0 aliphatic rings. The smallest absolute Gasteiger partial charge is 0.333 e. The van der Waals surface area contributed by atoms with Gasteiger partial charge in [0, 0.05) is 18.0 Å². The lowest BCUT2D eigenvalue weighted by atomic mass is 10.3. The van der Waals surface area contributed by atoms with Crippen molar-refractivity contribution in [3.63, 3.8) is 0 Å². The predicted octanol–water partition coefficient (Wildman–Crippen LogP) is 1.44. The summed E-state index contributed by atoms with van der Waals surface area (Å²) in [5.41, 5.74) is 0.498. The topological polar surface area (TPSA) is 52.1 Å². The molecule has 0 spiro atoms. The van der Waals surface area contributed by atoms with E-state index in [2.05, 4.69) is 9.97 Å². The molecule has 14 heavy (non-hydrogen) atoms.